The second kappa shape index (κ2) is 8.66. The van der Waals surface area contributed by atoms with Crippen molar-refractivity contribution in [3.63, 3.8) is 0 Å². The first-order valence-electron chi connectivity index (χ1n) is 9.43. The third kappa shape index (κ3) is 4.28. The maximum absolute atomic E-state index is 6.80. The molecule has 0 spiro atoms. The number of rotatable bonds is 4. The maximum Gasteiger partial charge on any atom is 0.131 e. The first-order chi connectivity index (χ1) is 13.1. The quantitative estimate of drug-likeness (QED) is 0.428. The summed E-state index contributed by atoms with van der Waals surface area (Å²) in [6.07, 6.45) is 7.14. The normalized spacial score (nSPS) is 21.1. The van der Waals surface area contributed by atoms with Crippen molar-refractivity contribution in [2.45, 2.75) is 57.0 Å². The zero-order valence-electron chi connectivity index (χ0n) is 15.0. The fourth-order valence-corrected chi connectivity index (χ4v) is 6.45. The Balaban J connectivity index is 1.70. The SMILES string of the molecule is N[C@H]1CCCCCC[C@@H]1c1sc2c(NCc3cccs3)cc(Cl)nc2c1Cl. The highest BCUT2D eigenvalue weighted by molar-refractivity contribution is 7.20. The Kier molecular flexibility index (Phi) is 6.25. The molecule has 3 N–H and O–H groups in total. The average Bonchev–Trinajstić information content (AvgIpc) is 3.26. The molecular weight excluding hydrogens is 417 g/mol. The zero-order chi connectivity index (χ0) is 18.8. The van der Waals surface area contributed by atoms with E-state index in [9.17, 15) is 0 Å². The van der Waals surface area contributed by atoms with Crippen molar-refractivity contribution < 1.29 is 0 Å². The maximum atomic E-state index is 6.80. The number of hydrogen-bond donors (Lipinski definition) is 2. The predicted molar refractivity (Wildman–Crippen MR) is 120 cm³/mol. The van der Waals surface area contributed by atoms with Crippen LogP contribution in [0.2, 0.25) is 10.2 Å². The van der Waals surface area contributed by atoms with Crippen LogP contribution in [0.5, 0.6) is 0 Å². The molecule has 0 radical (unpaired) electrons. The molecule has 27 heavy (non-hydrogen) atoms. The summed E-state index contributed by atoms with van der Waals surface area (Å²) in [5.41, 5.74) is 8.34. The summed E-state index contributed by atoms with van der Waals surface area (Å²) in [6.45, 7) is 0.765. The lowest BCUT2D eigenvalue weighted by Crippen LogP contribution is -2.29. The van der Waals surface area contributed by atoms with Crippen LogP contribution in [0.3, 0.4) is 0 Å². The van der Waals surface area contributed by atoms with E-state index in [2.05, 4.69) is 27.8 Å². The number of anilines is 1. The fourth-order valence-electron chi connectivity index (χ4n) is 3.83. The molecule has 1 aliphatic carbocycles. The molecule has 4 rings (SSSR count). The number of nitrogens with one attached hydrogen (secondary N) is 1. The Labute approximate surface area is 177 Å². The summed E-state index contributed by atoms with van der Waals surface area (Å²) < 4.78 is 1.07. The monoisotopic (exact) mass is 439 g/mol. The van der Waals surface area contributed by atoms with E-state index >= 15 is 0 Å². The molecule has 1 saturated carbocycles. The van der Waals surface area contributed by atoms with Crippen LogP contribution in [-0.4, -0.2) is 11.0 Å². The third-order valence-corrected chi connectivity index (χ3v) is 8.18. The molecule has 2 atom stereocenters. The van der Waals surface area contributed by atoms with Crippen molar-refractivity contribution in [3.05, 3.63) is 43.5 Å². The molecular formula is C20H23Cl2N3S2. The average molecular weight is 440 g/mol. The summed E-state index contributed by atoms with van der Waals surface area (Å²) in [5.74, 6) is 0.306. The molecule has 0 aromatic carbocycles. The molecule has 3 nitrogen and oxygen atoms in total. The number of halogens is 2. The van der Waals surface area contributed by atoms with E-state index in [1.807, 2.05) is 6.07 Å². The van der Waals surface area contributed by atoms with Gasteiger partial charge in [0.05, 0.1) is 15.4 Å². The van der Waals surface area contributed by atoms with Crippen molar-refractivity contribution in [3.8, 4) is 0 Å². The highest BCUT2D eigenvalue weighted by Crippen LogP contribution is 2.45. The lowest BCUT2D eigenvalue weighted by Gasteiger charge is -2.25. The minimum absolute atomic E-state index is 0.161. The van der Waals surface area contributed by atoms with E-state index in [0.717, 1.165) is 40.3 Å². The second-order valence-electron chi connectivity index (χ2n) is 7.15. The molecule has 7 heteroatoms. The number of fused-ring (bicyclic) bond motifs is 1. The summed E-state index contributed by atoms with van der Waals surface area (Å²) >= 11 is 16.6. The van der Waals surface area contributed by atoms with Crippen LogP contribution in [0.1, 0.15) is 54.2 Å². The van der Waals surface area contributed by atoms with Gasteiger partial charge in [0, 0.05) is 34.3 Å². The van der Waals surface area contributed by atoms with E-state index in [0.29, 0.717) is 11.1 Å². The summed E-state index contributed by atoms with van der Waals surface area (Å²) in [7, 11) is 0. The summed E-state index contributed by atoms with van der Waals surface area (Å²) in [4.78, 5) is 6.98. The minimum atomic E-state index is 0.161. The van der Waals surface area contributed by atoms with Crippen LogP contribution in [0, 0.1) is 0 Å². The lowest BCUT2D eigenvalue weighted by molar-refractivity contribution is 0.408. The molecule has 0 amide bonds. The minimum Gasteiger partial charge on any atom is -0.379 e. The standard InChI is InChI=1S/C20H23Cl2N3S2/c21-16-10-15(24-11-12-6-5-9-26-12)20-18(25-16)17(22)19(27-20)13-7-3-1-2-4-8-14(13)23/h5-6,9-10,13-14H,1-4,7-8,11,23H2,(H,24,25)/t13-,14-/m0/s1. The van der Waals surface area contributed by atoms with Gasteiger partial charge in [0.2, 0.25) is 0 Å². The van der Waals surface area contributed by atoms with E-state index in [-0.39, 0.29) is 6.04 Å². The van der Waals surface area contributed by atoms with Crippen molar-refractivity contribution in [2.24, 2.45) is 5.73 Å². The van der Waals surface area contributed by atoms with Gasteiger partial charge in [-0.1, -0.05) is 55.0 Å². The molecule has 3 aromatic heterocycles. The lowest BCUT2D eigenvalue weighted by atomic mass is 9.86. The molecule has 1 fully saturated rings. The molecule has 0 bridgehead atoms. The number of aromatic nitrogens is 1. The van der Waals surface area contributed by atoms with E-state index < -0.39 is 0 Å². The van der Waals surface area contributed by atoms with Crippen LogP contribution in [0.25, 0.3) is 10.2 Å². The molecule has 0 aliphatic heterocycles. The van der Waals surface area contributed by atoms with Crippen LogP contribution in [0.4, 0.5) is 5.69 Å². The van der Waals surface area contributed by atoms with Gasteiger partial charge in [-0.15, -0.1) is 22.7 Å². The van der Waals surface area contributed by atoms with Crippen molar-refractivity contribution >= 4 is 61.8 Å². The first-order valence-corrected chi connectivity index (χ1v) is 11.9. The van der Waals surface area contributed by atoms with Gasteiger partial charge in [-0.3, -0.25) is 0 Å². The van der Waals surface area contributed by atoms with Crippen LogP contribution in [-0.2, 0) is 6.54 Å². The second-order valence-corrected chi connectivity index (χ2v) is 10.00. The van der Waals surface area contributed by atoms with Gasteiger partial charge in [0.25, 0.3) is 0 Å². The highest BCUT2D eigenvalue weighted by Gasteiger charge is 2.27. The third-order valence-electron chi connectivity index (χ3n) is 5.27. The largest absolute Gasteiger partial charge is 0.379 e. The van der Waals surface area contributed by atoms with Gasteiger partial charge in [0.1, 0.15) is 10.7 Å². The molecule has 0 saturated heterocycles. The Morgan fingerprint density at radius 1 is 1.19 bits per heavy atom. The predicted octanol–water partition coefficient (Wildman–Crippen LogP) is 7.04. The zero-order valence-corrected chi connectivity index (χ0v) is 18.2. The van der Waals surface area contributed by atoms with E-state index in [1.54, 1.807) is 22.7 Å². The van der Waals surface area contributed by atoms with Crippen LogP contribution < -0.4 is 11.1 Å². The van der Waals surface area contributed by atoms with E-state index in [1.165, 1.54) is 35.4 Å². The fraction of sp³-hybridized carbons (Fsp3) is 0.450. The Morgan fingerprint density at radius 2 is 2.00 bits per heavy atom. The van der Waals surface area contributed by atoms with Gasteiger partial charge < -0.3 is 11.1 Å². The van der Waals surface area contributed by atoms with Gasteiger partial charge in [0.15, 0.2) is 0 Å². The Bertz CT molecular complexity index is 908. The van der Waals surface area contributed by atoms with Crippen LogP contribution in [0.15, 0.2) is 23.6 Å². The van der Waals surface area contributed by atoms with Crippen molar-refractivity contribution in [1.29, 1.82) is 0 Å². The Morgan fingerprint density at radius 3 is 2.78 bits per heavy atom. The molecule has 144 valence electrons. The molecule has 3 heterocycles. The molecule has 0 unspecified atom stereocenters. The van der Waals surface area contributed by atoms with Gasteiger partial charge in [-0.25, -0.2) is 4.98 Å². The van der Waals surface area contributed by atoms with Gasteiger partial charge in [-0.05, 0) is 24.3 Å². The molecule has 3 aromatic rings. The van der Waals surface area contributed by atoms with Crippen molar-refractivity contribution in [1.82, 2.24) is 4.98 Å². The van der Waals surface area contributed by atoms with Crippen molar-refractivity contribution in [2.75, 3.05) is 5.32 Å². The smallest absolute Gasteiger partial charge is 0.131 e. The van der Waals surface area contributed by atoms with Gasteiger partial charge in [-0.2, -0.15) is 0 Å². The Hall–Kier alpha value is -0.850. The number of nitrogens with zero attached hydrogens (tertiary/aromatic N) is 1. The summed E-state index contributed by atoms with van der Waals surface area (Å²) in [6, 6.07) is 6.24. The highest BCUT2D eigenvalue weighted by atomic mass is 35.5. The topological polar surface area (TPSA) is 50.9 Å². The summed E-state index contributed by atoms with van der Waals surface area (Å²) in [5, 5.41) is 6.80. The first kappa shape index (κ1) is 19.5. The van der Waals surface area contributed by atoms with E-state index in [4.69, 9.17) is 28.9 Å². The number of pyridine rings is 1. The number of hydrogen-bond acceptors (Lipinski definition) is 5. The van der Waals surface area contributed by atoms with Crippen LogP contribution >= 0.6 is 45.9 Å². The van der Waals surface area contributed by atoms with Gasteiger partial charge >= 0.3 is 0 Å². The number of nitrogens with two attached hydrogens (primary N) is 1. The molecule has 1 aliphatic rings. The number of thiophene rings is 2.